The second-order valence-electron chi connectivity index (χ2n) is 7.29. The van der Waals surface area contributed by atoms with Crippen molar-refractivity contribution >= 4 is 17.9 Å². The topological polar surface area (TPSA) is 98.1 Å². The average molecular weight is 393 g/mol. The maximum absolute atomic E-state index is 12.2. The van der Waals surface area contributed by atoms with E-state index >= 15 is 0 Å². The molecule has 0 aliphatic carbocycles. The summed E-state index contributed by atoms with van der Waals surface area (Å²) in [6.07, 6.45) is 3.11. The summed E-state index contributed by atoms with van der Waals surface area (Å²) in [5, 5.41) is 11.7. The maximum Gasteiger partial charge on any atom is 0.415 e. The van der Waals surface area contributed by atoms with Crippen LogP contribution in [0.15, 0.2) is 48.8 Å². The average Bonchev–Trinajstić information content (AvgIpc) is 3.36. The Morgan fingerprint density at radius 1 is 1.17 bits per heavy atom. The molecule has 0 unspecified atom stereocenters. The molecular formula is C20H23N7O2. The number of carbonyl (C=O) groups is 1. The van der Waals surface area contributed by atoms with E-state index in [1.165, 1.54) is 0 Å². The molecule has 3 aromatic rings. The van der Waals surface area contributed by atoms with Crippen molar-refractivity contribution in [3.8, 4) is 5.69 Å². The Balaban J connectivity index is 1.51. The highest BCUT2D eigenvalue weighted by atomic mass is 16.6. The number of carbonyl (C=O) groups excluding carboxylic acids is 1. The lowest BCUT2D eigenvalue weighted by Crippen LogP contribution is -2.37. The summed E-state index contributed by atoms with van der Waals surface area (Å²) in [6, 6.07) is 11.3. The molecule has 1 aliphatic rings. The molecule has 1 aromatic carbocycles. The van der Waals surface area contributed by atoms with Gasteiger partial charge in [-0.05, 0) is 31.0 Å². The Morgan fingerprint density at radius 3 is 2.72 bits per heavy atom. The zero-order valence-corrected chi connectivity index (χ0v) is 16.6. The van der Waals surface area contributed by atoms with Gasteiger partial charge in [0, 0.05) is 6.20 Å². The number of ether oxygens (including phenoxy) is 1. The lowest BCUT2D eigenvalue weighted by Gasteiger charge is -2.23. The molecule has 2 atom stereocenters. The van der Waals surface area contributed by atoms with Crippen molar-refractivity contribution in [2.24, 2.45) is 5.92 Å². The minimum atomic E-state index is -0.382. The second kappa shape index (κ2) is 7.86. The number of cyclic esters (lactones) is 1. The van der Waals surface area contributed by atoms with Crippen LogP contribution in [0.4, 0.5) is 16.6 Å². The number of aromatic nitrogens is 5. The third kappa shape index (κ3) is 3.89. The third-order valence-corrected chi connectivity index (χ3v) is 4.88. The van der Waals surface area contributed by atoms with Crippen LogP contribution in [0.2, 0.25) is 0 Å². The first-order chi connectivity index (χ1) is 14.0. The molecule has 0 bridgehead atoms. The van der Waals surface area contributed by atoms with Gasteiger partial charge in [-0.15, -0.1) is 5.10 Å². The first kappa shape index (κ1) is 18.9. The first-order valence-electron chi connectivity index (χ1n) is 9.56. The molecule has 1 saturated heterocycles. The van der Waals surface area contributed by atoms with Crippen LogP contribution in [0.1, 0.15) is 32.5 Å². The van der Waals surface area contributed by atoms with Crippen LogP contribution in [-0.4, -0.2) is 43.7 Å². The van der Waals surface area contributed by atoms with Crippen LogP contribution in [0.5, 0.6) is 0 Å². The Kier molecular flexibility index (Phi) is 5.11. The van der Waals surface area contributed by atoms with Gasteiger partial charge in [-0.3, -0.25) is 4.90 Å². The van der Waals surface area contributed by atoms with Gasteiger partial charge in [0.05, 0.1) is 24.0 Å². The highest BCUT2D eigenvalue weighted by molar-refractivity contribution is 5.89. The smallest absolute Gasteiger partial charge is 0.415 e. The summed E-state index contributed by atoms with van der Waals surface area (Å²) in [7, 11) is 0. The number of amides is 1. The van der Waals surface area contributed by atoms with Gasteiger partial charge in [-0.25, -0.2) is 14.5 Å². The number of nitrogens with one attached hydrogen (secondary N) is 1. The summed E-state index contributed by atoms with van der Waals surface area (Å²) in [5.74, 6) is 1.18. The number of anilines is 2. The van der Waals surface area contributed by atoms with E-state index < -0.39 is 0 Å². The van der Waals surface area contributed by atoms with Crippen LogP contribution in [-0.2, 0) is 4.74 Å². The molecule has 2 aromatic heterocycles. The summed E-state index contributed by atoms with van der Waals surface area (Å²) in [4.78, 5) is 22.6. The molecule has 9 heteroatoms. The zero-order valence-electron chi connectivity index (χ0n) is 16.6. The number of nitrogens with zero attached hydrogens (tertiary/aromatic N) is 6. The SMILES string of the molecule is CC(C)[C@H]1COC(=O)N1c1ccnc(N[C@H](C)c2cn(-c3ccccc3)nn2)n1. The lowest BCUT2D eigenvalue weighted by molar-refractivity contribution is 0.177. The van der Waals surface area contributed by atoms with E-state index in [1.54, 1.807) is 21.8 Å². The monoisotopic (exact) mass is 393 g/mol. The standard InChI is InChI=1S/C20H23N7O2/c1-13(2)17-12-29-20(28)27(17)18-9-10-21-19(23-18)22-14(3)16-11-26(25-24-16)15-7-5-4-6-8-15/h4-11,13-14,17H,12H2,1-3H3,(H,21,22,23)/t14-,17-/m1/s1. The fraction of sp³-hybridized carbons (Fsp3) is 0.350. The van der Waals surface area contributed by atoms with Gasteiger partial charge in [-0.2, -0.15) is 4.98 Å². The van der Waals surface area contributed by atoms with E-state index in [-0.39, 0.29) is 24.1 Å². The molecule has 1 fully saturated rings. The maximum atomic E-state index is 12.2. The van der Waals surface area contributed by atoms with Gasteiger partial charge in [0.1, 0.15) is 18.1 Å². The molecule has 3 heterocycles. The van der Waals surface area contributed by atoms with E-state index in [1.807, 2.05) is 43.5 Å². The van der Waals surface area contributed by atoms with Crippen molar-refractivity contribution in [3.63, 3.8) is 0 Å². The van der Waals surface area contributed by atoms with Crippen molar-refractivity contribution in [1.29, 1.82) is 0 Å². The highest BCUT2D eigenvalue weighted by Gasteiger charge is 2.37. The predicted molar refractivity (Wildman–Crippen MR) is 108 cm³/mol. The molecule has 9 nitrogen and oxygen atoms in total. The molecule has 150 valence electrons. The molecule has 29 heavy (non-hydrogen) atoms. The lowest BCUT2D eigenvalue weighted by atomic mass is 10.0. The van der Waals surface area contributed by atoms with Gasteiger partial charge < -0.3 is 10.1 Å². The normalized spacial score (nSPS) is 17.4. The fourth-order valence-corrected chi connectivity index (χ4v) is 3.19. The van der Waals surface area contributed by atoms with Crippen LogP contribution in [0, 0.1) is 5.92 Å². The number of para-hydroxylation sites is 1. The van der Waals surface area contributed by atoms with Gasteiger partial charge in [-0.1, -0.05) is 37.3 Å². The van der Waals surface area contributed by atoms with E-state index in [9.17, 15) is 4.79 Å². The van der Waals surface area contributed by atoms with Crippen molar-refractivity contribution < 1.29 is 9.53 Å². The van der Waals surface area contributed by atoms with Gasteiger partial charge >= 0.3 is 6.09 Å². The van der Waals surface area contributed by atoms with Gasteiger partial charge in [0.15, 0.2) is 0 Å². The van der Waals surface area contributed by atoms with E-state index in [4.69, 9.17) is 4.74 Å². The van der Waals surface area contributed by atoms with Crippen molar-refractivity contribution in [2.75, 3.05) is 16.8 Å². The zero-order chi connectivity index (χ0) is 20.4. The van der Waals surface area contributed by atoms with Crippen LogP contribution < -0.4 is 10.2 Å². The van der Waals surface area contributed by atoms with E-state index in [2.05, 4.69) is 39.4 Å². The fourth-order valence-electron chi connectivity index (χ4n) is 3.19. The number of hydrogen-bond donors (Lipinski definition) is 1. The summed E-state index contributed by atoms with van der Waals surface area (Å²) in [5.41, 5.74) is 1.69. The second-order valence-corrected chi connectivity index (χ2v) is 7.29. The van der Waals surface area contributed by atoms with Crippen molar-refractivity contribution in [3.05, 3.63) is 54.5 Å². The quantitative estimate of drug-likeness (QED) is 0.686. The Labute approximate surface area is 168 Å². The van der Waals surface area contributed by atoms with Gasteiger partial charge in [0.25, 0.3) is 0 Å². The molecule has 0 spiro atoms. The molecule has 4 rings (SSSR count). The minimum Gasteiger partial charge on any atom is -0.447 e. The molecule has 0 radical (unpaired) electrons. The molecule has 1 amide bonds. The van der Waals surface area contributed by atoms with Crippen molar-refractivity contribution in [2.45, 2.75) is 32.9 Å². The Morgan fingerprint density at radius 2 is 1.97 bits per heavy atom. The Hall–Kier alpha value is -3.49. The molecule has 1 aliphatic heterocycles. The van der Waals surface area contributed by atoms with E-state index in [0.29, 0.717) is 18.4 Å². The van der Waals surface area contributed by atoms with Crippen molar-refractivity contribution in [1.82, 2.24) is 25.0 Å². The number of rotatable bonds is 6. The summed E-state index contributed by atoms with van der Waals surface area (Å²) >= 11 is 0. The summed E-state index contributed by atoms with van der Waals surface area (Å²) < 4.78 is 6.93. The number of benzene rings is 1. The highest BCUT2D eigenvalue weighted by Crippen LogP contribution is 2.26. The predicted octanol–water partition coefficient (Wildman–Crippen LogP) is 3.21. The summed E-state index contributed by atoms with van der Waals surface area (Å²) in [6.45, 7) is 6.43. The number of hydrogen-bond acceptors (Lipinski definition) is 7. The molecule has 0 saturated carbocycles. The van der Waals surface area contributed by atoms with Crippen LogP contribution >= 0.6 is 0 Å². The largest absolute Gasteiger partial charge is 0.447 e. The molecular weight excluding hydrogens is 370 g/mol. The Bertz CT molecular complexity index is 989. The first-order valence-corrected chi connectivity index (χ1v) is 9.56. The van der Waals surface area contributed by atoms with Gasteiger partial charge in [0.2, 0.25) is 5.95 Å². The molecule has 1 N–H and O–H groups in total. The van der Waals surface area contributed by atoms with E-state index in [0.717, 1.165) is 11.4 Å². The van der Waals surface area contributed by atoms with Crippen LogP contribution in [0.25, 0.3) is 5.69 Å². The van der Waals surface area contributed by atoms with Crippen LogP contribution in [0.3, 0.4) is 0 Å². The third-order valence-electron chi connectivity index (χ3n) is 4.88. The minimum absolute atomic E-state index is 0.0477.